The fourth-order valence-electron chi connectivity index (χ4n) is 2.70. The SMILES string of the molecule is O=C(O)C1CCCC(C(=O)NCc2cc(F)cc(Br)c2)C1. The number of carboxylic acids is 1. The first kappa shape index (κ1) is 15.9. The molecule has 1 aliphatic carbocycles. The van der Waals surface area contributed by atoms with Crippen molar-refractivity contribution < 1.29 is 19.1 Å². The summed E-state index contributed by atoms with van der Waals surface area (Å²) in [6.07, 6.45) is 2.48. The Kier molecular flexibility index (Phi) is 5.33. The maximum absolute atomic E-state index is 13.2. The number of hydrogen-bond donors (Lipinski definition) is 2. The van der Waals surface area contributed by atoms with Crippen LogP contribution < -0.4 is 5.32 Å². The fourth-order valence-corrected chi connectivity index (χ4v) is 3.21. The lowest BCUT2D eigenvalue weighted by molar-refractivity contribution is -0.144. The van der Waals surface area contributed by atoms with Crippen LogP contribution in [0.2, 0.25) is 0 Å². The summed E-state index contributed by atoms with van der Waals surface area (Å²) in [6, 6.07) is 4.46. The van der Waals surface area contributed by atoms with Crippen molar-refractivity contribution in [3.8, 4) is 0 Å². The lowest BCUT2D eigenvalue weighted by Crippen LogP contribution is -2.35. The van der Waals surface area contributed by atoms with Crippen molar-refractivity contribution in [1.29, 1.82) is 0 Å². The molecule has 2 N–H and O–H groups in total. The van der Waals surface area contributed by atoms with Crippen molar-refractivity contribution in [2.24, 2.45) is 11.8 Å². The van der Waals surface area contributed by atoms with Crippen LogP contribution >= 0.6 is 15.9 Å². The second kappa shape index (κ2) is 7.02. The molecule has 0 bridgehead atoms. The minimum atomic E-state index is -0.832. The predicted octanol–water partition coefficient (Wildman–Crippen LogP) is 3.10. The van der Waals surface area contributed by atoms with Crippen LogP contribution in [0.1, 0.15) is 31.2 Å². The molecule has 6 heteroatoms. The molecule has 2 unspecified atom stereocenters. The van der Waals surface area contributed by atoms with E-state index in [-0.39, 0.29) is 24.2 Å². The molecule has 2 atom stereocenters. The predicted molar refractivity (Wildman–Crippen MR) is 79.0 cm³/mol. The lowest BCUT2D eigenvalue weighted by atomic mass is 9.81. The Morgan fingerprint density at radius 3 is 2.67 bits per heavy atom. The molecule has 2 rings (SSSR count). The topological polar surface area (TPSA) is 66.4 Å². The Morgan fingerprint density at radius 1 is 1.29 bits per heavy atom. The van der Waals surface area contributed by atoms with Crippen LogP contribution in [-0.4, -0.2) is 17.0 Å². The van der Waals surface area contributed by atoms with Crippen LogP contribution in [0.3, 0.4) is 0 Å². The van der Waals surface area contributed by atoms with Gasteiger partial charge in [0, 0.05) is 16.9 Å². The number of rotatable bonds is 4. The van der Waals surface area contributed by atoms with Crippen LogP contribution in [0, 0.1) is 17.7 Å². The summed E-state index contributed by atoms with van der Waals surface area (Å²) in [5.41, 5.74) is 0.667. The number of halogens is 2. The quantitative estimate of drug-likeness (QED) is 0.869. The molecule has 0 aliphatic heterocycles. The Hall–Kier alpha value is -1.43. The second-order valence-corrected chi connectivity index (χ2v) is 6.31. The van der Waals surface area contributed by atoms with E-state index < -0.39 is 11.9 Å². The largest absolute Gasteiger partial charge is 0.481 e. The highest BCUT2D eigenvalue weighted by molar-refractivity contribution is 9.10. The van der Waals surface area contributed by atoms with E-state index in [4.69, 9.17) is 5.11 Å². The Bertz CT molecular complexity index is 529. The molecule has 114 valence electrons. The zero-order valence-corrected chi connectivity index (χ0v) is 13.0. The van der Waals surface area contributed by atoms with E-state index in [1.807, 2.05) is 0 Å². The Balaban J connectivity index is 1.90. The summed E-state index contributed by atoms with van der Waals surface area (Å²) < 4.78 is 13.9. The third kappa shape index (κ3) is 4.52. The molecule has 0 spiro atoms. The molecule has 4 nitrogen and oxygen atoms in total. The van der Waals surface area contributed by atoms with Gasteiger partial charge < -0.3 is 10.4 Å². The number of carboxylic acid groups (broad SMARTS) is 1. The molecule has 1 aliphatic rings. The molecule has 0 heterocycles. The summed E-state index contributed by atoms with van der Waals surface area (Å²) in [6.45, 7) is 0.240. The Labute approximate surface area is 130 Å². The number of carbonyl (C=O) groups is 2. The Morgan fingerprint density at radius 2 is 2.00 bits per heavy atom. The highest BCUT2D eigenvalue weighted by Crippen LogP contribution is 2.29. The number of aliphatic carboxylic acids is 1. The normalized spacial score (nSPS) is 21.8. The fraction of sp³-hybridized carbons (Fsp3) is 0.467. The van der Waals surface area contributed by atoms with Gasteiger partial charge in [0.15, 0.2) is 0 Å². The number of carbonyl (C=O) groups excluding carboxylic acids is 1. The molecule has 0 aromatic heterocycles. The van der Waals surface area contributed by atoms with Gasteiger partial charge in [0.05, 0.1) is 5.92 Å². The van der Waals surface area contributed by atoms with E-state index in [0.717, 1.165) is 6.42 Å². The van der Waals surface area contributed by atoms with Gasteiger partial charge in [0.25, 0.3) is 0 Å². The first-order valence-electron chi connectivity index (χ1n) is 6.91. The minimum Gasteiger partial charge on any atom is -0.481 e. The molecule has 1 aromatic rings. The monoisotopic (exact) mass is 357 g/mol. The van der Waals surface area contributed by atoms with Crippen molar-refractivity contribution in [3.05, 3.63) is 34.1 Å². The van der Waals surface area contributed by atoms with Crippen LogP contribution in [-0.2, 0) is 16.1 Å². The molecular weight excluding hydrogens is 341 g/mol. The average Bonchev–Trinajstić information content (AvgIpc) is 2.44. The minimum absolute atomic E-state index is 0.152. The van der Waals surface area contributed by atoms with Crippen molar-refractivity contribution >= 4 is 27.8 Å². The molecule has 21 heavy (non-hydrogen) atoms. The standard InChI is InChI=1S/C15H17BrFNO3/c16-12-4-9(5-13(17)7-12)8-18-14(19)10-2-1-3-11(6-10)15(20)21/h4-5,7,10-11H,1-3,6,8H2,(H,18,19)(H,20,21). The van der Waals surface area contributed by atoms with Gasteiger partial charge in [0.2, 0.25) is 5.91 Å². The third-order valence-corrected chi connectivity index (χ3v) is 4.24. The zero-order chi connectivity index (χ0) is 15.4. The van der Waals surface area contributed by atoms with Gasteiger partial charge in [-0.3, -0.25) is 9.59 Å². The van der Waals surface area contributed by atoms with E-state index in [2.05, 4.69) is 21.2 Å². The number of amides is 1. The van der Waals surface area contributed by atoms with Crippen LogP contribution in [0.5, 0.6) is 0 Å². The van der Waals surface area contributed by atoms with Gasteiger partial charge >= 0.3 is 5.97 Å². The van der Waals surface area contributed by atoms with Gasteiger partial charge in [-0.15, -0.1) is 0 Å². The molecule has 0 saturated heterocycles. The zero-order valence-electron chi connectivity index (χ0n) is 11.4. The van der Waals surface area contributed by atoms with E-state index in [1.54, 1.807) is 6.07 Å². The van der Waals surface area contributed by atoms with Crippen molar-refractivity contribution in [2.45, 2.75) is 32.2 Å². The van der Waals surface area contributed by atoms with Crippen LogP contribution in [0.25, 0.3) is 0 Å². The molecule has 1 amide bonds. The van der Waals surface area contributed by atoms with E-state index in [1.165, 1.54) is 12.1 Å². The molecule has 1 aromatic carbocycles. The number of nitrogens with one attached hydrogen (secondary N) is 1. The summed E-state index contributed by atoms with van der Waals surface area (Å²) in [5, 5.41) is 11.8. The highest BCUT2D eigenvalue weighted by Gasteiger charge is 2.30. The van der Waals surface area contributed by atoms with Gasteiger partial charge in [-0.05, 0) is 43.0 Å². The maximum atomic E-state index is 13.2. The van der Waals surface area contributed by atoms with E-state index in [0.29, 0.717) is 29.3 Å². The van der Waals surface area contributed by atoms with Gasteiger partial charge in [-0.2, -0.15) is 0 Å². The number of benzene rings is 1. The summed E-state index contributed by atoms with van der Waals surface area (Å²) >= 11 is 3.20. The molecular formula is C15H17BrFNO3. The second-order valence-electron chi connectivity index (χ2n) is 5.39. The average molecular weight is 358 g/mol. The molecule has 1 fully saturated rings. The highest BCUT2D eigenvalue weighted by atomic mass is 79.9. The van der Waals surface area contributed by atoms with Crippen molar-refractivity contribution in [2.75, 3.05) is 0 Å². The smallest absolute Gasteiger partial charge is 0.306 e. The van der Waals surface area contributed by atoms with Crippen molar-refractivity contribution in [1.82, 2.24) is 5.32 Å². The maximum Gasteiger partial charge on any atom is 0.306 e. The first-order valence-corrected chi connectivity index (χ1v) is 7.70. The van der Waals surface area contributed by atoms with Gasteiger partial charge in [-0.1, -0.05) is 22.4 Å². The first-order chi connectivity index (χ1) is 9.95. The summed E-state index contributed by atoms with van der Waals surface area (Å²) in [7, 11) is 0. The van der Waals surface area contributed by atoms with Crippen LogP contribution in [0.15, 0.2) is 22.7 Å². The van der Waals surface area contributed by atoms with E-state index >= 15 is 0 Å². The number of hydrogen-bond acceptors (Lipinski definition) is 2. The van der Waals surface area contributed by atoms with Crippen LogP contribution in [0.4, 0.5) is 4.39 Å². The lowest BCUT2D eigenvalue weighted by Gasteiger charge is -2.25. The summed E-state index contributed by atoms with van der Waals surface area (Å²) in [5.74, 6) is -2.05. The third-order valence-electron chi connectivity index (χ3n) is 3.78. The molecule has 1 saturated carbocycles. The van der Waals surface area contributed by atoms with Crippen molar-refractivity contribution in [3.63, 3.8) is 0 Å². The van der Waals surface area contributed by atoms with E-state index in [9.17, 15) is 14.0 Å². The molecule has 0 radical (unpaired) electrons. The van der Waals surface area contributed by atoms with Gasteiger partial charge in [-0.25, -0.2) is 4.39 Å². The van der Waals surface area contributed by atoms with Gasteiger partial charge in [0.1, 0.15) is 5.82 Å². The summed E-state index contributed by atoms with van der Waals surface area (Å²) in [4.78, 5) is 23.1.